The molecule has 0 N–H and O–H groups in total. The lowest BCUT2D eigenvalue weighted by Gasteiger charge is -2.23. The van der Waals surface area contributed by atoms with Crippen LogP contribution in [0.5, 0.6) is 5.75 Å². The summed E-state index contributed by atoms with van der Waals surface area (Å²) in [7, 11) is 1.56. The number of methoxy groups -OCH3 is 1. The standard InChI is InChI=1S/C29H28N4O3/c1-36-26-16-9-8-15-24(26)28(34)31-17-10-18-32(20-19-31)29(35)25-21-33(23-13-6-3-7-14-23)30-27(25)22-11-4-2-5-12-22/h2-9,11-16,21H,10,17-20H2,1H3. The van der Waals surface area contributed by atoms with Crippen LogP contribution in [0.4, 0.5) is 0 Å². The summed E-state index contributed by atoms with van der Waals surface area (Å²) in [5.41, 5.74) is 3.51. The number of hydrogen-bond donors (Lipinski definition) is 0. The van der Waals surface area contributed by atoms with Gasteiger partial charge < -0.3 is 14.5 Å². The second-order valence-corrected chi connectivity index (χ2v) is 8.68. The Balaban J connectivity index is 1.40. The van der Waals surface area contributed by atoms with E-state index < -0.39 is 0 Å². The number of ether oxygens (including phenoxy) is 1. The number of aromatic nitrogens is 2. The van der Waals surface area contributed by atoms with Crippen molar-refractivity contribution >= 4 is 11.8 Å². The highest BCUT2D eigenvalue weighted by atomic mass is 16.5. The van der Waals surface area contributed by atoms with E-state index in [-0.39, 0.29) is 11.8 Å². The van der Waals surface area contributed by atoms with E-state index in [0.29, 0.717) is 55.2 Å². The molecule has 1 aliphatic heterocycles. The van der Waals surface area contributed by atoms with Crippen LogP contribution in [0, 0.1) is 0 Å². The summed E-state index contributed by atoms with van der Waals surface area (Å²) >= 11 is 0. The first-order valence-corrected chi connectivity index (χ1v) is 12.1. The van der Waals surface area contributed by atoms with E-state index in [0.717, 1.165) is 11.3 Å². The van der Waals surface area contributed by atoms with E-state index in [1.165, 1.54) is 0 Å². The summed E-state index contributed by atoms with van der Waals surface area (Å²) in [6.45, 7) is 2.05. The molecule has 0 bridgehead atoms. The van der Waals surface area contributed by atoms with Gasteiger partial charge in [0.25, 0.3) is 11.8 Å². The SMILES string of the molecule is COc1ccccc1C(=O)N1CCCN(C(=O)c2cn(-c3ccccc3)nc2-c2ccccc2)CC1. The smallest absolute Gasteiger partial charge is 0.257 e. The summed E-state index contributed by atoms with van der Waals surface area (Å²) < 4.78 is 7.13. The van der Waals surface area contributed by atoms with Gasteiger partial charge in [0.2, 0.25) is 0 Å². The van der Waals surface area contributed by atoms with E-state index in [4.69, 9.17) is 9.84 Å². The Hall–Kier alpha value is -4.39. The Labute approximate surface area is 210 Å². The second-order valence-electron chi connectivity index (χ2n) is 8.68. The van der Waals surface area contributed by atoms with Gasteiger partial charge in [-0.15, -0.1) is 0 Å². The van der Waals surface area contributed by atoms with E-state index >= 15 is 0 Å². The van der Waals surface area contributed by atoms with Crippen LogP contribution >= 0.6 is 0 Å². The minimum atomic E-state index is -0.0809. The highest BCUT2D eigenvalue weighted by Gasteiger charge is 2.28. The molecule has 0 atom stereocenters. The average molecular weight is 481 g/mol. The lowest BCUT2D eigenvalue weighted by molar-refractivity contribution is 0.0717. The van der Waals surface area contributed by atoms with Gasteiger partial charge in [0.05, 0.1) is 23.9 Å². The summed E-state index contributed by atoms with van der Waals surface area (Å²) in [4.78, 5) is 30.6. The first-order valence-electron chi connectivity index (χ1n) is 12.1. The molecule has 3 aromatic carbocycles. The number of amides is 2. The fraction of sp³-hybridized carbons (Fsp3) is 0.207. The van der Waals surface area contributed by atoms with Gasteiger partial charge in [0, 0.05) is 37.9 Å². The minimum Gasteiger partial charge on any atom is -0.496 e. The van der Waals surface area contributed by atoms with E-state index in [9.17, 15) is 9.59 Å². The quantitative estimate of drug-likeness (QED) is 0.421. The van der Waals surface area contributed by atoms with Crippen LogP contribution < -0.4 is 4.74 Å². The summed E-state index contributed by atoms with van der Waals surface area (Å²) in [6, 6.07) is 26.8. The Morgan fingerprint density at radius 1 is 0.722 bits per heavy atom. The Bertz CT molecular complexity index is 1350. The molecular weight excluding hydrogens is 452 g/mol. The molecule has 4 aromatic rings. The van der Waals surface area contributed by atoms with E-state index in [2.05, 4.69) is 0 Å². The second kappa shape index (κ2) is 10.5. The van der Waals surface area contributed by atoms with Crippen LogP contribution in [0.25, 0.3) is 16.9 Å². The van der Waals surface area contributed by atoms with Crippen molar-refractivity contribution in [3.8, 4) is 22.7 Å². The zero-order valence-corrected chi connectivity index (χ0v) is 20.2. The van der Waals surface area contributed by atoms with Gasteiger partial charge in [0.15, 0.2) is 0 Å². The number of nitrogens with zero attached hydrogens (tertiary/aromatic N) is 4. The molecule has 0 spiro atoms. The largest absolute Gasteiger partial charge is 0.496 e. The van der Waals surface area contributed by atoms with Gasteiger partial charge in [0.1, 0.15) is 11.4 Å². The molecule has 0 unspecified atom stereocenters. The van der Waals surface area contributed by atoms with Gasteiger partial charge in [-0.1, -0.05) is 60.7 Å². The first kappa shape index (κ1) is 23.4. The van der Waals surface area contributed by atoms with Crippen molar-refractivity contribution in [2.45, 2.75) is 6.42 Å². The molecule has 182 valence electrons. The molecule has 2 heterocycles. The molecule has 7 nitrogen and oxygen atoms in total. The Morgan fingerprint density at radius 2 is 1.31 bits per heavy atom. The maximum atomic E-state index is 13.8. The van der Waals surface area contributed by atoms with Crippen molar-refractivity contribution in [3.63, 3.8) is 0 Å². The molecule has 7 heteroatoms. The maximum Gasteiger partial charge on any atom is 0.257 e. The van der Waals surface area contributed by atoms with Crippen LogP contribution in [0.2, 0.25) is 0 Å². The molecule has 5 rings (SSSR count). The van der Waals surface area contributed by atoms with Crippen LogP contribution in [-0.2, 0) is 0 Å². The number of hydrogen-bond acceptors (Lipinski definition) is 4. The molecule has 1 fully saturated rings. The minimum absolute atomic E-state index is 0.0800. The topological polar surface area (TPSA) is 67.7 Å². The Morgan fingerprint density at radius 3 is 1.97 bits per heavy atom. The van der Waals surface area contributed by atoms with Crippen LogP contribution in [0.15, 0.2) is 91.1 Å². The monoisotopic (exact) mass is 480 g/mol. The summed E-state index contributed by atoms with van der Waals surface area (Å²) in [5, 5.41) is 4.78. The van der Waals surface area contributed by atoms with E-state index in [1.807, 2.05) is 83.9 Å². The summed E-state index contributed by atoms with van der Waals surface area (Å²) in [6.07, 6.45) is 2.50. The number of benzene rings is 3. The molecule has 0 aliphatic carbocycles. The van der Waals surface area contributed by atoms with Crippen molar-refractivity contribution in [3.05, 3.63) is 102 Å². The predicted molar refractivity (Wildman–Crippen MR) is 138 cm³/mol. The van der Waals surface area contributed by atoms with Crippen molar-refractivity contribution in [1.82, 2.24) is 19.6 Å². The molecular formula is C29H28N4O3. The van der Waals surface area contributed by atoms with Gasteiger partial charge in [-0.05, 0) is 30.7 Å². The average Bonchev–Trinajstić information content (AvgIpc) is 3.24. The number of para-hydroxylation sites is 2. The maximum absolute atomic E-state index is 13.8. The zero-order valence-electron chi connectivity index (χ0n) is 20.2. The third kappa shape index (κ3) is 4.73. The van der Waals surface area contributed by atoms with Gasteiger partial charge >= 0.3 is 0 Å². The zero-order chi connectivity index (χ0) is 24.9. The van der Waals surface area contributed by atoms with Crippen molar-refractivity contribution in [2.75, 3.05) is 33.3 Å². The fourth-order valence-corrected chi connectivity index (χ4v) is 4.54. The highest BCUT2D eigenvalue weighted by Crippen LogP contribution is 2.26. The fourth-order valence-electron chi connectivity index (χ4n) is 4.54. The lowest BCUT2D eigenvalue weighted by atomic mass is 10.1. The highest BCUT2D eigenvalue weighted by molar-refractivity contribution is 6.00. The van der Waals surface area contributed by atoms with Gasteiger partial charge in [-0.2, -0.15) is 5.10 Å². The normalized spacial score (nSPS) is 13.8. The van der Waals surface area contributed by atoms with Crippen LogP contribution in [0.1, 0.15) is 27.1 Å². The number of rotatable bonds is 5. The van der Waals surface area contributed by atoms with Gasteiger partial charge in [-0.3, -0.25) is 9.59 Å². The van der Waals surface area contributed by atoms with Crippen molar-refractivity contribution < 1.29 is 14.3 Å². The molecule has 1 aromatic heterocycles. The molecule has 0 saturated carbocycles. The summed E-state index contributed by atoms with van der Waals surface area (Å²) in [5.74, 6) is 0.395. The van der Waals surface area contributed by atoms with Crippen molar-refractivity contribution in [1.29, 1.82) is 0 Å². The van der Waals surface area contributed by atoms with Crippen molar-refractivity contribution in [2.24, 2.45) is 0 Å². The van der Waals surface area contributed by atoms with Crippen LogP contribution in [-0.4, -0.2) is 64.7 Å². The number of carbonyl (C=O) groups is 2. The predicted octanol–water partition coefficient (Wildman–Crippen LogP) is 4.54. The third-order valence-corrected chi connectivity index (χ3v) is 6.42. The molecule has 1 saturated heterocycles. The lowest BCUT2D eigenvalue weighted by Crippen LogP contribution is -2.37. The molecule has 2 amide bonds. The number of carbonyl (C=O) groups excluding carboxylic acids is 2. The Kier molecular flexibility index (Phi) is 6.80. The van der Waals surface area contributed by atoms with Gasteiger partial charge in [-0.25, -0.2) is 4.68 Å². The molecule has 0 radical (unpaired) electrons. The van der Waals surface area contributed by atoms with Crippen LogP contribution in [0.3, 0.4) is 0 Å². The molecule has 36 heavy (non-hydrogen) atoms. The van der Waals surface area contributed by atoms with E-state index in [1.54, 1.807) is 28.8 Å². The first-order chi connectivity index (χ1) is 17.7. The third-order valence-electron chi connectivity index (χ3n) is 6.42. The molecule has 1 aliphatic rings.